The number of amides is 1. The van der Waals surface area contributed by atoms with E-state index < -0.39 is 0 Å². The second kappa shape index (κ2) is 15.5. The van der Waals surface area contributed by atoms with Crippen molar-refractivity contribution in [2.45, 2.75) is 39.4 Å². The molecule has 2 aromatic heterocycles. The van der Waals surface area contributed by atoms with Crippen molar-refractivity contribution >= 4 is 22.8 Å². The standard InChI is InChI=1S/C34H43N9O2/c1-3-4-19-45-34-39-31(36)30-20-29(21-35)43(32(30)40-34)24-27-7-5-25(6-8-27)22-41-15-17-42(18-16-41)23-26-9-11-28(12-10-26)33(44)38-14-13-37-2/h5-12,20,37H,3-4,13-19,22-24H2,1-2H3,(H,38,44)(H2,36,39,40). The highest BCUT2D eigenvalue weighted by molar-refractivity contribution is 5.94. The van der Waals surface area contributed by atoms with Crippen LogP contribution in [0, 0.1) is 11.3 Å². The lowest BCUT2D eigenvalue weighted by Gasteiger charge is -2.34. The zero-order valence-corrected chi connectivity index (χ0v) is 26.3. The van der Waals surface area contributed by atoms with Gasteiger partial charge in [-0.05, 0) is 48.4 Å². The predicted molar refractivity (Wildman–Crippen MR) is 176 cm³/mol. The van der Waals surface area contributed by atoms with E-state index in [1.54, 1.807) is 6.07 Å². The number of fused-ring (bicyclic) bond motifs is 1. The maximum absolute atomic E-state index is 12.2. The van der Waals surface area contributed by atoms with E-state index in [0.717, 1.165) is 64.2 Å². The SMILES string of the molecule is CCCCOc1nc(N)c2cc(C#N)n(Cc3ccc(CN4CCN(Cc5ccc(C(=O)NCCNC)cc5)CC4)cc3)c2n1. The van der Waals surface area contributed by atoms with Gasteiger partial charge in [-0.2, -0.15) is 15.2 Å². The van der Waals surface area contributed by atoms with Crippen molar-refractivity contribution in [3.8, 4) is 12.1 Å². The summed E-state index contributed by atoms with van der Waals surface area (Å²) in [6, 6.07) is 20.8. The molecule has 0 bridgehead atoms. The summed E-state index contributed by atoms with van der Waals surface area (Å²) in [6.45, 7) is 10.2. The van der Waals surface area contributed by atoms with E-state index in [2.05, 4.69) is 79.8 Å². The Hall–Kier alpha value is -4.50. The molecule has 4 aromatic rings. The summed E-state index contributed by atoms with van der Waals surface area (Å²) in [6.07, 6.45) is 1.91. The molecule has 1 saturated heterocycles. The maximum atomic E-state index is 12.2. The Bertz CT molecular complexity index is 1600. The van der Waals surface area contributed by atoms with Crippen molar-refractivity contribution in [1.82, 2.24) is 35.0 Å². The number of hydrogen-bond donors (Lipinski definition) is 3. The third-order valence-electron chi connectivity index (χ3n) is 8.12. The lowest BCUT2D eigenvalue weighted by Crippen LogP contribution is -2.45. The Morgan fingerprint density at radius 1 is 0.933 bits per heavy atom. The first kappa shape index (κ1) is 31.9. The summed E-state index contributed by atoms with van der Waals surface area (Å²) in [5.74, 6) is 0.278. The Morgan fingerprint density at radius 3 is 2.11 bits per heavy atom. The highest BCUT2D eigenvalue weighted by atomic mass is 16.5. The molecule has 11 heteroatoms. The van der Waals surface area contributed by atoms with Crippen LogP contribution in [0.1, 0.15) is 52.5 Å². The van der Waals surface area contributed by atoms with E-state index in [4.69, 9.17) is 10.5 Å². The predicted octanol–water partition coefficient (Wildman–Crippen LogP) is 3.38. The number of likely N-dealkylation sites (N-methyl/N-ethyl adjacent to an activating group) is 1. The number of hydrogen-bond acceptors (Lipinski definition) is 9. The molecular weight excluding hydrogens is 566 g/mol. The topological polar surface area (TPSA) is 137 Å². The van der Waals surface area contributed by atoms with E-state index >= 15 is 0 Å². The number of nitrogens with zero attached hydrogens (tertiary/aromatic N) is 6. The number of aromatic nitrogens is 3. The van der Waals surface area contributed by atoms with Gasteiger partial charge in [-0.3, -0.25) is 14.6 Å². The summed E-state index contributed by atoms with van der Waals surface area (Å²) in [4.78, 5) is 26.1. The van der Waals surface area contributed by atoms with Gasteiger partial charge in [0.05, 0.1) is 18.5 Å². The average molecular weight is 610 g/mol. The van der Waals surface area contributed by atoms with Gasteiger partial charge in [0.1, 0.15) is 17.6 Å². The number of benzene rings is 2. The fourth-order valence-corrected chi connectivity index (χ4v) is 5.47. The Kier molecular flexibility index (Phi) is 11.0. The number of ether oxygens (including phenoxy) is 1. The minimum absolute atomic E-state index is 0.0369. The van der Waals surface area contributed by atoms with Crippen molar-refractivity contribution in [3.63, 3.8) is 0 Å². The van der Waals surface area contributed by atoms with E-state index in [-0.39, 0.29) is 11.9 Å². The third-order valence-corrected chi connectivity index (χ3v) is 8.12. The number of nitrogens with one attached hydrogen (secondary N) is 2. The van der Waals surface area contributed by atoms with Gasteiger partial charge in [-0.1, -0.05) is 49.7 Å². The lowest BCUT2D eigenvalue weighted by molar-refractivity contribution is 0.0954. The second-order valence-corrected chi connectivity index (χ2v) is 11.5. The summed E-state index contributed by atoms with van der Waals surface area (Å²) < 4.78 is 7.59. The van der Waals surface area contributed by atoms with Crippen molar-refractivity contribution in [1.29, 1.82) is 5.26 Å². The van der Waals surface area contributed by atoms with E-state index in [1.165, 1.54) is 11.1 Å². The lowest BCUT2D eigenvalue weighted by atomic mass is 10.1. The van der Waals surface area contributed by atoms with Gasteiger partial charge >= 0.3 is 6.01 Å². The average Bonchev–Trinajstić information content (AvgIpc) is 3.41. The van der Waals surface area contributed by atoms with Crippen molar-refractivity contribution in [2.75, 3.05) is 58.7 Å². The van der Waals surface area contributed by atoms with Gasteiger partial charge < -0.3 is 25.7 Å². The quantitative estimate of drug-likeness (QED) is 0.184. The summed E-state index contributed by atoms with van der Waals surface area (Å²) >= 11 is 0. The fraction of sp³-hybridized carbons (Fsp3) is 0.412. The first-order chi connectivity index (χ1) is 22.0. The Morgan fingerprint density at radius 2 is 1.53 bits per heavy atom. The van der Waals surface area contributed by atoms with E-state index in [9.17, 15) is 10.1 Å². The number of unbranched alkanes of at least 4 members (excludes halogenated alkanes) is 1. The number of nitrogen functional groups attached to an aromatic ring is 1. The van der Waals surface area contributed by atoms with Gasteiger partial charge in [-0.25, -0.2) is 0 Å². The maximum Gasteiger partial charge on any atom is 0.320 e. The second-order valence-electron chi connectivity index (χ2n) is 11.5. The summed E-state index contributed by atoms with van der Waals surface area (Å²) in [5.41, 5.74) is 11.5. The molecule has 0 spiro atoms. The molecule has 0 atom stereocenters. The molecular formula is C34H43N9O2. The largest absolute Gasteiger partial charge is 0.463 e. The third kappa shape index (κ3) is 8.36. The number of nitriles is 1. The minimum Gasteiger partial charge on any atom is -0.463 e. The highest BCUT2D eigenvalue weighted by Crippen LogP contribution is 2.26. The van der Waals surface area contributed by atoms with Gasteiger partial charge in [0.25, 0.3) is 5.91 Å². The van der Waals surface area contributed by atoms with E-state index in [1.807, 2.05) is 23.7 Å². The van der Waals surface area contributed by atoms with Crippen molar-refractivity contribution in [2.24, 2.45) is 0 Å². The first-order valence-electron chi connectivity index (χ1n) is 15.7. The molecule has 3 heterocycles. The number of piperazine rings is 1. The van der Waals surface area contributed by atoms with Crippen LogP contribution in [0.25, 0.3) is 11.0 Å². The van der Waals surface area contributed by atoms with Crippen molar-refractivity contribution < 1.29 is 9.53 Å². The molecule has 5 rings (SSSR count). The molecule has 2 aromatic carbocycles. The highest BCUT2D eigenvalue weighted by Gasteiger charge is 2.19. The molecule has 1 amide bonds. The molecule has 1 aliphatic heterocycles. The molecule has 0 saturated carbocycles. The smallest absolute Gasteiger partial charge is 0.320 e. The number of carbonyl (C=O) groups is 1. The number of rotatable bonds is 14. The minimum atomic E-state index is -0.0369. The zero-order chi connectivity index (χ0) is 31.6. The van der Waals surface area contributed by atoms with Crippen LogP contribution in [0.2, 0.25) is 0 Å². The summed E-state index contributed by atoms with van der Waals surface area (Å²) in [7, 11) is 1.87. The molecule has 0 aliphatic carbocycles. The van der Waals surface area contributed by atoms with Crippen LogP contribution in [0.4, 0.5) is 5.82 Å². The fourth-order valence-electron chi connectivity index (χ4n) is 5.47. The zero-order valence-electron chi connectivity index (χ0n) is 26.3. The van der Waals surface area contributed by atoms with Crippen LogP contribution >= 0.6 is 0 Å². The van der Waals surface area contributed by atoms with Gasteiger partial charge in [0, 0.05) is 57.9 Å². The normalized spacial score (nSPS) is 14.0. The van der Waals surface area contributed by atoms with Gasteiger partial charge in [0.2, 0.25) is 0 Å². The first-order valence-corrected chi connectivity index (χ1v) is 15.7. The van der Waals surface area contributed by atoms with Crippen LogP contribution in [0.15, 0.2) is 54.6 Å². The number of anilines is 1. The summed E-state index contributed by atoms with van der Waals surface area (Å²) in [5, 5.41) is 16.4. The molecule has 4 N–H and O–H groups in total. The van der Waals surface area contributed by atoms with Gasteiger partial charge in [0.15, 0.2) is 5.65 Å². The molecule has 1 fully saturated rings. The van der Waals surface area contributed by atoms with Crippen LogP contribution in [0.5, 0.6) is 6.01 Å². The molecule has 0 unspecified atom stereocenters. The molecule has 11 nitrogen and oxygen atoms in total. The van der Waals surface area contributed by atoms with Crippen LogP contribution < -0.4 is 21.1 Å². The van der Waals surface area contributed by atoms with Crippen LogP contribution in [0.3, 0.4) is 0 Å². The molecule has 1 aliphatic rings. The number of carbonyl (C=O) groups excluding carboxylic acids is 1. The van der Waals surface area contributed by atoms with Crippen LogP contribution in [-0.4, -0.2) is 83.2 Å². The number of nitrogens with two attached hydrogens (primary N) is 1. The van der Waals surface area contributed by atoms with Gasteiger partial charge in [-0.15, -0.1) is 0 Å². The molecule has 45 heavy (non-hydrogen) atoms. The Balaban J connectivity index is 1.13. The molecule has 236 valence electrons. The van der Waals surface area contributed by atoms with Crippen LogP contribution in [-0.2, 0) is 19.6 Å². The van der Waals surface area contributed by atoms with Crippen molar-refractivity contribution in [3.05, 3.63) is 82.5 Å². The molecule has 0 radical (unpaired) electrons. The van der Waals surface area contributed by atoms with E-state index in [0.29, 0.717) is 47.8 Å². The Labute approximate surface area is 265 Å². The monoisotopic (exact) mass is 609 g/mol.